The van der Waals surface area contributed by atoms with Gasteiger partial charge >= 0.3 is 0 Å². The van der Waals surface area contributed by atoms with Crippen LogP contribution in [0.3, 0.4) is 0 Å². The lowest BCUT2D eigenvalue weighted by atomic mass is 10.1. The summed E-state index contributed by atoms with van der Waals surface area (Å²) in [6.07, 6.45) is 3.70. The fourth-order valence-electron chi connectivity index (χ4n) is 1.37. The average Bonchev–Trinajstić information content (AvgIpc) is 2.34. The zero-order valence-electron chi connectivity index (χ0n) is 10.2. The van der Waals surface area contributed by atoms with Gasteiger partial charge in [0.15, 0.2) is 5.96 Å². The van der Waals surface area contributed by atoms with Crippen molar-refractivity contribution in [2.24, 2.45) is 10.7 Å². The highest BCUT2D eigenvalue weighted by molar-refractivity contribution is 14.0. The molecule has 0 unspecified atom stereocenters. The summed E-state index contributed by atoms with van der Waals surface area (Å²) in [5.74, 6) is 0.473. The summed E-state index contributed by atoms with van der Waals surface area (Å²) in [7, 11) is 0. The fraction of sp³-hybridized carbons (Fsp3) is 0.308. The summed E-state index contributed by atoms with van der Waals surface area (Å²) >= 11 is 5.81. The van der Waals surface area contributed by atoms with Crippen LogP contribution in [0, 0.1) is 0 Å². The molecule has 0 bridgehead atoms. The number of aryl methyl sites for hydroxylation is 1. The third-order valence-electron chi connectivity index (χ3n) is 2.25. The smallest absolute Gasteiger partial charge is 0.188 e. The minimum absolute atomic E-state index is 0. The molecule has 18 heavy (non-hydrogen) atoms. The Morgan fingerprint density at radius 2 is 2.06 bits per heavy atom. The van der Waals surface area contributed by atoms with E-state index in [1.807, 2.05) is 24.3 Å². The van der Waals surface area contributed by atoms with Crippen LogP contribution in [0.1, 0.15) is 12.0 Å². The number of halogens is 2. The van der Waals surface area contributed by atoms with Crippen molar-refractivity contribution in [1.29, 1.82) is 0 Å². The second kappa shape index (κ2) is 10.2. The van der Waals surface area contributed by atoms with E-state index in [4.69, 9.17) is 17.3 Å². The Morgan fingerprint density at radius 1 is 1.39 bits per heavy atom. The second-order valence-electron chi connectivity index (χ2n) is 3.67. The Morgan fingerprint density at radius 3 is 2.67 bits per heavy atom. The van der Waals surface area contributed by atoms with Crippen molar-refractivity contribution in [2.75, 3.05) is 13.1 Å². The second-order valence-corrected chi connectivity index (χ2v) is 4.10. The number of guanidine groups is 1. The third kappa shape index (κ3) is 7.55. The fourth-order valence-corrected chi connectivity index (χ4v) is 1.49. The van der Waals surface area contributed by atoms with Crippen molar-refractivity contribution >= 4 is 41.5 Å². The molecule has 0 aromatic heterocycles. The van der Waals surface area contributed by atoms with Crippen molar-refractivity contribution in [1.82, 2.24) is 5.32 Å². The minimum Gasteiger partial charge on any atom is -0.370 e. The van der Waals surface area contributed by atoms with Crippen molar-refractivity contribution in [3.63, 3.8) is 0 Å². The van der Waals surface area contributed by atoms with Gasteiger partial charge < -0.3 is 11.1 Å². The van der Waals surface area contributed by atoms with Crippen LogP contribution in [-0.4, -0.2) is 19.0 Å². The van der Waals surface area contributed by atoms with E-state index in [9.17, 15) is 0 Å². The van der Waals surface area contributed by atoms with E-state index in [0.29, 0.717) is 12.5 Å². The molecule has 1 aromatic rings. The summed E-state index contributed by atoms with van der Waals surface area (Å²) in [6, 6.07) is 7.87. The van der Waals surface area contributed by atoms with Crippen LogP contribution < -0.4 is 11.1 Å². The molecule has 3 N–H and O–H groups in total. The zero-order chi connectivity index (χ0) is 12.5. The normalized spacial score (nSPS) is 10.6. The molecule has 0 heterocycles. The van der Waals surface area contributed by atoms with Gasteiger partial charge in [-0.3, -0.25) is 4.99 Å². The first-order valence-electron chi connectivity index (χ1n) is 5.61. The van der Waals surface area contributed by atoms with Crippen LogP contribution in [0.4, 0.5) is 0 Å². The van der Waals surface area contributed by atoms with E-state index in [1.54, 1.807) is 6.08 Å². The van der Waals surface area contributed by atoms with E-state index >= 15 is 0 Å². The molecule has 100 valence electrons. The van der Waals surface area contributed by atoms with Gasteiger partial charge in [0, 0.05) is 18.1 Å². The zero-order valence-corrected chi connectivity index (χ0v) is 13.3. The first-order valence-corrected chi connectivity index (χ1v) is 5.99. The Balaban J connectivity index is 0.00000289. The van der Waals surface area contributed by atoms with Gasteiger partial charge in [0.2, 0.25) is 0 Å². The summed E-state index contributed by atoms with van der Waals surface area (Å²) in [6.45, 7) is 4.96. The number of aliphatic imine (C=N–C) groups is 1. The quantitative estimate of drug-likeness (QED) is 0.262. The highest BCUT2D eigenvalue weighted by atomic mass is 127. The van der Waals surface area contributed by atoms with E-state index in [1.165, 1.54) is 5.56 Å². The number of nitrogens with two attached hydrogens (primary N) is 1. The van der Waals surface area contributed by atoms with Gasteiger partial charge in [-0.05, 0) is 30.5 Å². The van der Waals surface area contributed by atoms with Gasteiger partial charge in [-0.2, -0.15) is 0 Å². The molecular formula is C13H19ClIN3. The SMILES string of the molecule is C=CCNC(N)=NCCCc1ccc(Cl)cc1.I. The number of nitrogens with zero attached hydrogens (tertiary/aromatic N) is 1. The average molecular weight is 380 g/mol. The largest absolute Gasteiger partial charge is 0.370 e. The standard InChI is InChI=1S/C13H18ClN3.HI/c1-2-9-16-13(15)17-10-3-4-11-5-7-12(14)8-6-11;/h2,5-8H,1,3-4,9-10H2,(H3,15,16,17);1H. The monoisotopic (exact) mass is 379 g/mol. The lowest BCUT2D eigenvalue weighted by molar-refractivity contribution is 0.824. The van der Waals surface area contributed by atoms with Crippen LogP contribution in [0.15, 0.2) is 41.9 Å². The van der Waals surface area contributed by atoms with Gasteiger partial charge in [0.25, 0.3) is 0 Å². The van der Waals surface area contributed by atoms with Gasteiger partial charge in [0.1, 0.15) is 0 Å². The molecule has 0 aliphatic carbocycles. The molecule has 0 atom stereocenters. The molecule has 0 saturated carbocycles. The molecule has 1 rings (SSSR count). The molecule has 0 fully saturated rings. The van der Waals surface area contributed by atoms with Crippen LogP contribution in [0.2, 0.25) is 5.02 Å². The van der Waals surface area contributed by atoms with Crippen molar-refractivity contribution in [2.45, 2.75) is 12.8 Å². The maximum absolute atomic E-state index is 5.81. The molecule has 3 nitrogen and oxygen atoms in total. The predicted octanol–water partition coefficient (Wildman–Crippen LogP) is 2.98. The van der Waals surface area contributed by atoms with Gasteiger partial charge in [-0.25, -0.2) is 0 Å². The van der Waals surface area contributed by atoms with Gasteiger partial charge in [-0.1, -0.05) is 29.8 Å². The minimum atomic E-state index is 0. The molecular weight excluding hydrogens is 361 g/mol. The number of benzene rings is 1. The van der Waals surface area contributed by atoms with Crippen molar-refractivity contribution in [3.8, 4) is 0 Å². The Labute approximate surface area is 131 Å². The molecule has 0 saturated heterocycles. The highest BCUT2D eigenvalue weighted by Crippen LogP contribution is 2.10. The maximum Gasteiger partial charge on any atom is 0.188 e. The van der Waals surface area contributed by atoms with Gasteiger partial charge in [0.05, 0.1) is 0 Å². The Kier molecular flexibility index (Phi) is 9.77. The first-order chi connectivity index (χ1) is 8.22. The maximum atomic E-state index is 5.81. The molecule has 0 spiro atoms. The lowest BCUT2D eigenvalue weighted by Crippen LogP contribution is -2.31. The number of hydrogen-bond donors (Lipinski definition) is 2. The summed E-state index contributed by atoms with van der Waals surface area (Å²) < 4.78 is 0. The molecule has 0 radical (unpaired) electrons. The molecule has 5 heteroatoms. The van der Waals surface area contributed by atoms with Crippen molar-refractivity contribution < 1.29 is 0 Å². The molecule has 0 aliphatic rings. The lowest BCUT2D eigenvalue weighted by Gasteiger charge is -2.02. The van der Waals surface area contributed by atoms with Gasteiger partial charge in [-0.15, -0.1) is 30.6 Å². The van der Waals surface area contributed by atoms with Crippen LogP contribution in [0.25, 0.3) is 0 Å². The van der Waals surface area contributed by atoms with Crippen LogP contribution in [-0.2, 0) is 6.42 Å². The summed E-state index contributed by atoms with van der Waals surface area (Å²) in [4.78, 5) is 4.20. The first kappa shape index (κ1) is 17.2. The Bertz CT molecular complexity index is 376. The van der Waals surface area contributed by atoms with E-state index in [0.717, 1.165) is 24.4 Å². The van der Waals surface area contributed by atoms with E-state index in [2.05, 4.69) is 16.9 Å². The van der Waals surface area contributed by atoms with E-state index in [-0.39, 0.29) is 24.0 Å². The summed E-state index contributed by atoms with van der Waals surface area (Å²) in [5.41, 5.74) is 6.90. The molecule has 0 aliphatic heterocycles. The van der Waals surface area contributed by atoms with E-state index < -0.39 is 0 Å². The Hall–Kier alpha value is -0.750. The topological polar surface area (TPSA) is 50.4 Å². The third-order valence-corrected chi connectivity index (χ3v) is 2.50. The number of rotatable bonds is 6. The number of nitrogens with one attached hydrogen (secondary N) is 1. The highest BCUT2D eigenvalue weighted by Gasteiger charge is 1.94. The molecule has 0 amide bonds. The predicted molar refractivity (Wildman–Crippen MR) is 89.9 cm³/mol. The number of hydrogen-bond acceptors (Lipinski definition) is 1. The molecule has 1 aromatic carbocycles. The van der Waals surface area contributed by atoms with Crippen molar-refractivity contribution in [3.05, 3.63) is 47.5 Å². The summed E-state index contributed by atoms with van der Waals surface area (Å²) in [5, 5.41) is 3.70. The van der Waals surface area contributed by atoms with Crippen LogP contribution >= 0.6 is 35.6 Å². The van der Waals surface area contributed by atoms with Crippen LogP contribution in [0.5, 0.6) is 0 Å².